The third-order valence-corrected chi connectivity index (χ3v) is 2.53. The molecule has 5 heteroatoms. The van der Waals surface area contributed by atoms with Crippen LogP contribution in [0.1, 0.15) is 30.9 Å². The Morgan fingerprint density at radius 3 is 2.68 bits per heavy atom. The molecule has 0 unspecified atom stereocenters. The summed E-state index contributed by atoms with van der Waals surface area (Å²) in [4.78, 5) is 21.3. The lowest BCUT2D eigenvalue weighted by Gasteiger charge is -2.07. The fourth-order valence-electron chi connectivity index (χ4n) is 1.57. The van der Waals surface area contributed by atoms with Crippen LogP contribution in [0.4, 0.5) is 10.1 Å². The summed E-state index contributed by atoms with van der Waals surface area (Å²) in [5.74, 6) is -1.56. The van der Waals surface area contributed by atoms with E-state index < -0.39 is 11.8 Å². The highest BCUT2D eigenvalue weighted by atomic mass is 19.1. The number of rotatable bonds is 5. The standard InChI is InChI=1S/C14H16FNO3/c1-9-11(5-3-4-6-14(18)19)7-12(8-13(9)15)16-10(2)17/h3,5,7-8H,4,6H2,1-2H3,(H,16,17)(H,18,19)/b5-3+. The van der Waals surface area contributed by atoms with E-state index in [1.807, 2.05) is 0 Å². The third kappa shape index (κ3) is 4.91. The molecule has 0 spiro atoms. The zero-order valence-electron chi connectivity index (χ0n) is 10.9. The van der Waals surface area contributed by atoms with Gasteiger partial charge in [0.25, 0.3) is 0 Å². The number of carboxylic acid groups (broad SMARTS) is 1. The van der Waals surface area contributed by atoms with Crippen LogP contribution < -0.4 is 5.32 Å². The predicted octanol–water partition coefficient (Wildman–Crippen LogP) is 2.97. The van der Waals surface area contributed by atoms with Gasteiger partial charge in [0, 0.05) is 19.0 Å². The van der Waals surface area contributed by atoms with E-state index in [2.05, 4.69) is 5.32 Å². The molecule has 1 aromatic carbocycles. The number of hydrogen-bond acceptors (Lipinski definition) is 2. The third-order valence-electron chi connectivity index (χ3n) is 2.53. The molecular formula is C14H16FNO3. The Hall–Kier alpha value is -2.17. The molecule has 19 heavy (non-hydrogen) atoms. The molecule has 4 nitrogen and oxygen atoms in total. The average molecular weight is 265 g/mol. The number of allylic oxidation sites excluding steroid dienone is 1. The number of benzene rings is 1. The van der Waals surface area contributed by atoms with Gasteiger partial charge in [-0.2, -0.15) is 0 Å². The van der Waals surface area contributed by atoms with Crippen LogP contribution in [0, 0.1) is 12.7 Å². The molecule has 1 aromatic rings. The lowest BCUT2D eigenvalue weighted by Crippen LogP contribution is -2.06. The molecule has 0 saturated heterocycles. The van der Waals surface area contributed by atoms with Crippen LogP contribution in [0.25, 0.3) is 6.08 Å². The fourth-order valence-corrected chi connectivity index (χ4v) is 1.57. The Morgan fingerprint density at radius 2 is 2.11 bits per heavy atom. The monoisotopic (exact) mass is 265 g/mol. The molecule has 102 valence electrons. The van der Waals surface area contributed by atoms with E-state index in [-0.39, 0.29) is 12.3 Å². The molecule has 0 aromatic heterocycles. The summed E-state index contributed by atoms with van der Waals surface area (Å²) in [5.41, 5.74) is 1.46. The van der Waals surface area contributed by atoms with Crippen LogP contribution in [0.3, 0.4) is 0 Å². The molecular weight excluding hydrogens is 249 g/mol. The second kappa shape index (κ2) is 6.68. The topological polar surface area (TPSA) is 66.4 Å². The van der Waals surface area contributed by atoms with Crippen LogP contribution >= 0.6 is 0 Å². The Balaban J connectivity index is 2.89. The van der Waals surface area contributed by atoms with Gasteiger partial charge in [0.05, 0.1) is 0 Å². The van der Waals surface area contributed by atoms with Crippen molar-refractivity contribution in [2.45, 2.75) is 26.7 Å². The van der Waals surface area contributed by atoms with Gasteiger partial charge in [-0.05, 0) is 36.6 Å². The Labute approximate surface area is 110 Å². The van der Waals surface area contributed by atoms with E-state index in [0.29, 0.717) is 23.2 Å². The maximum Gasteiger partial charge on any atom is 0.303 e. The van der Waals surface area contributed by atoms with E-state index in [1.54, 1.807) is 25.1 Å². The van der Waals surface area contributed by atoms with Crippen LogP contribution in [-0.2, 0) is 9.59 Å². The van der Waals surface area contributed by atoms with E-state index in [0.717, 1.165) is 0 Å². The SMILES string of the molecule is CC(=O)Nc1cc(F)c(C)c(/C=C/CCC(=O)O)c1. The summed E-state index contributed by atoms with van der Waals surface area (Å²) in [6.07, 6.45) is 3.74. The van der Waals surface area contributed by atoms with Gasteiger partial charge < -0.3 is 10.4 Å². The van der Waals surface area contributed by atoms with Crippen LogP contribution in [0.15, 0.2) is 18.2 Å². The average Bonchev–Trinajstić information content (AvgIpc) is 2.29. The molecule has 0 aliphatic rings. The van der Waals surface area contributed by atoms with E-state index >= 15 is 0 Å². The molecule has 0 aliphatic heterocycles. The first-order chi connectivity index (χ1) is 8.90. The van der Waals surface area contributed by atoms with Gasteiger partial charge >= 0.3 is 5.97 Å². The molecule has 1 rings (SSSR count). The number of anilines is 1. The smallest absolute Gasteiger partial charge is 0.303 e. The maximum absolute atomic E-state index is 13.6. The first-order valence-corrected chi connectivity index (χ1v) is 5.86. The lowest BCUT2D eigenvalue weighted by molar-refractivity contribution is -0.136. The molecule has 0 radical (unpaired) electrons. The van der Waals surface area contributed by atoms with Crippen molar-refractivity contribution < 1.29 is 19.1 Å². The van der Waals surface area contributed by atoms with Crippen molar-refractivity contribution in [3.05, 3.63) is 35.2 Å². The van der Waals surface area contributed by atoms with Gasteiger partial charge in [-0.15, -0.1) is 0 Å². The highest BCUT2D eigenvalue weighted by Crippen LogP contribution is 2.21. The van der Waals surface area contributed by atoms with Crippen LogP contribution in [0.5, 0.6) is 0 Å². The summed E-state index contributed by atoms with van der Waals surface area (Å²) in [6.45, 7) is 2.98. The number of carboxylic acids is 1. The highest BCUT2D eigenvalue weighted by Gasteiger charge is 2.06. The summed E-state index contributed by atoms with van der Waals surface area (Å²) in [7, 11) is 0. The highest BCUT2D eigenvalue weighted by molar-refractivity contribution is 5.89. The molecule has 0 bridgehead atoms. The molecule has 1 amide bonds. The summed E-state index contributed by atoms with van der Waals surface area (Å²) in [6, 6.07) is 2.91. The fraction of sp³-hybridized carbons (Fsp3) is 0.286. The normalized spacial score (nSPS) is 10.7. The Kier molecular flexibility index (Phi) is 5.23. The first-order valence-electron chi connectivity index (χ1n) is 5.86. The number of amides is 1. The summed E-state index contributed by atoms with van der Waals surface area (Å²) < 4.78 is 13.6. The lowest BCUT2D eigenvalue weighted by atomic mass is 10.1. The zero-order valence-corrected chi connectivity index (χ0v) is 10.9. The predicted molar refractivity (Wildman–Crippen MR) is 71.3 cm³/mol. The van der Waals surface area contributed by atoms with E-state index in [1.165, 1.54) is 13.0 Å². The largest absolute Gasteiger partial charge is 0.481 e. The second-order valence-electron chi connectivity index (χ2n) is 4.19. The van der Waals surface area contributed by atoms with Crippen LogP contribution in [-0.4, -0.2) is 17.0 Å². The summed E-state index contributed by atoms with van der Waals surface area (Å²) in [5, 5.41) is 11.0. The van der Waals surface area contributed by atoms with Crippen molar-refractivity contribution in [1.29, 1.82) is 0 Å². The maximum atomic E-state index is 13.6. The van der Waals surface area contributed by atoms with E-state index in [9.17, 15) is 14.0 Å². The minimum Gasteiger partial charge on any atom is -0.481 e. The van der Waals surface area contributed by atoms with Crippen molar-refractivity contribution >= 4 is 23.6 Å². The van der Waals surface area contributed by atoms with Crippen molar-refractivity contribution in [3.8, 4) is 0 Å². The number of carbonyl (C=O) groups is 2. The number of nitrogens with one attached hydrogen (secondary N) is 1. The zero-order chi connectivity index (χ0) is 14.4. The van der Waals surface area contributed by atoms with Gasteiger partial charge in [0.2, 0.25) is 5.91 Å². The Morgan fingerprint density at radius 1 is 1.42 bits per heavy atom. The van der Waals surface area contributed by atoms with Gasteiger partial charge in [-0.1, -0.05) is 12.2 Å². The molecule has 0 heterocycles. The summed E-state index contributed by atoms with van der Waals surface area (Å²) >= 11 is 0. The number of aliphatic carboxylic acids is 1. The molecule has 0 aliphatic carbocycles. The second-order valence-corrected chi connectivity index (χ2v) is 4.19. The molecule has 0 saturated carbocycles. The van der Waals surface area contributed by atoms with Crippen LogP contribution in [0.2, 0.25) is 0 Å². The number of halogens is 1. The number of carbonyl (C=O) groups excluding carboxylic acids is 1. The van der Waals surface area contributed by atoms with Gasteiger partial charge in [-0.3, -0.25) is 9.59 Å². The molecule has 0 atom stereocenters. The molecule has 0 fully saturated rings. The van der Waals surface area contributed by atoms with Gasteiger partial charge in [0.1, 0.15) is 5.82 Å². The Bertz CT molecular complexity index is 524. The van der Waals surface area contributed by atoms with Crippen molar-refractivity contribution in [2.75, 3.05) is 5.32 Å². The van der Waals surface area contributed by atoms with E-state index in [4.69, 9.17) is 5.11 Å². The van der Waals surface area contributed by atoms with Gasteiger partial charge in [-0.25, -0.2) is 4.39 Å². The minimum atomic E-state index is -0.875. The number of hydrogen-bond donors (Lipinski definition) is 2. The first kappa shape index (κ1) is 14.9. The quantitative estimate of drug-likeness (QED) is 0.860. The minimum absolute atomic E-state index is 0.0312. The van der Waals surface area contributed by atoms with Gasteiger partial charge in [0.15, 0.2) is 0 Å². The van der Waals surface area contributed by atoms with Crippen molar-refractivity contribution in [1.82, 2.24) is 0 Å². The van der Waals surface area contributed by atoms with Crippen molar-refractivity contribution in [2.24, 2.45) is 0 Å². The van der Waals surface area contributed by atoms with Crippen molar-refractivity contribution in [3.63, 3.8) is 0 Å². The molecule has 2 N–H and O–H groups in total.